The van der Waals surface area contributed by atoms with Crippen LogP contribution in [0.3, 0.4) is 0 Å². The molecule has 8 heteroatoms. The van der Waals surface area contributed by atoms with Crippen LogP contribution < -0.4 is 4.74 Å². The minimum absolute atomic E-state index is 0.00902. The summed E-state index contributed by atoms with van der Waals surface area (Å²) in [4.78, 5) is 1.52. The number of hydrogen-bond acceptors (Lipinski definition) is 6. The van der Waals surface area contributed by atoms with Crippen molar-refractivity contribution in [3.8, 4) is 5.75 Å². The highest BCUT2D eigenvalue weighted by molar-refractivity contribution is 5.31. The summed E-state index contributed by atoms with van der Waals surface area (Å²) in [5.74, 6) is -1.32. The van der Waals surface area contributed by atoms with E-state index >= 15 is 0 Å². The van der Waals surface area contributed by atoms with E-state index in [1.807, 2.05) is 6.92 Å². The van der Waals surface area contributed by atoms with Gasteiger partial charge in [0.15, 0.2) is 0 Å². The first-order chi connectivity index (χ1) is 12.4. The Kier molecular flexibility index (Phi) is 7.72. The molecule has 1 aliphatic rings. The maximum Gasteiger partial charge on any atom is 0.133 e. The number of benzene rings is 1. The number of unbranched alkanes of at least 4 members (excludes halogenated alkanes) is 1. The molecule has 2 rings (SSSR count). The van der Waals surface area contributed by atoms with Gasteiger partial charge in [-0.05, 0) is 12.8 Å². The van der Waals surface area contributed by atoms with Gasteiger partial charge in [0.2, 0.25) is 0 Å². The summed E-state index contributed by atoms with van der Waals surface area (Å²) in [6.07, 6.45) is -2.21. The van der Waals surface area contributed by atoms with Crippen molar-refractivity contribution in [3.63, 3.8) is 0 Å². The van der Waals surface area contributed by atoms with Crippen molar-refractivity contribution in [2.75, 3.05) is 26.3 Å². The lowest BCUT2D eigenvalue weighted by Crippen LogP contribution is -2.62. The van der Waals surface area contributed by atoms with Gasteiger partial charge in [0.25, 0.3) is 0 Å². The molecule has 0 saturated carbocycles. The molecule has 1 fully saturated rings. The molecule has 0 radical (unpaired) electrons. The molecule has 0 aromatic heterocycles. The quantitative estimate of drug-likeness (QED) is 0.493. The molecule has 6 nitrogen and oxygen atoms in total. The van der Waals surface area contributed by atoms with E-state index in [1.165, 1.54) is 4.90 Å². The number of hydrogen-bond donors (Lipinski definition) is 4. The molecule has 1 saturated heterocycles. The summed E-state index contributed by atoms with van der Waals surface area (Å²) in [6.45, 7) is 2.03. The zero-order valence-corrected chi connectivity index (χ0v) is 14.8. The van der Waals surface area contributed by atoms with Crippen molar-refractivity contribution in [2.24, 2.45) is 0 Å². The third kappa shape index (κ3) is 4.89. The van der Waals surface area contributed by atoms with Gasteiger partial charge in [-0.2, -0.15) is 0 Å². The molecule has 4 N–H and O–H groups in total. The third-order valence-corrected chi connectivity index (χ3v) is 4.75. The zero-order chi connectivity index (χ0) is 19.3. The van der Waals surface area contributed by atoms with Gasteiger partial charge in [-0.15, -0.1) is 0 Å². The van der Waals surface area contributed by atoms with E-state index in [-0.39, 0.29) is 30.8 Å². The molecule has 0 amide bonds. The first-order valence-corrected chi connectivity index (χ1v) is 8.88. The number of rotatable bonds is 8. The molecule has 1 aromatic carbocycles. The molecule has 26 heavy (non-hydrogen) atoms. The first-order valence-electron chi connectivity index (χ1n) is 8.88. The van der Waals surface area contributed by atoms with E-state index in [1.54, 1.807) is 0 Å². The van der Waals surface area contributed by atoms with E-state index in [9.17, 15) is 29.2 Å². The summed E-state index contributed by atoms with van der Waals surface area (Å²) in [6, 6.07) is 1.47. The predicted molar refractivity (Wildman–Crippen MR) is 90.9 cm³/mol. The molecular formula is C18H27F2NO5. The van der Waals surface area contributed by atoms with Gasteiger partial charge in [0.05, 0.1) is 25.4 Å². The summed E-state index contributed by atoms with van der Waals surface area (Å²) in [7, 11) is 0. The largest absolute Gasteiger partial charge is 0.493 e. The molecule has 0 bridgehead atoms. The van der Waals surface area contributed by atoms with Crippen molar-refractivity contribution in [1.29, 1.82) is 0 Å². The fourth-order valence-corrected chi connectivity index (χ4v) is 3.13. The van der Waals surface area contributed by atoms with Crippen LogP contribution in [-0.2, 0) is 6.42 Å². The SMILES string of the molecule is CCCCOc1cc(F)c(CCN2C[C@H](O)[C@@H](O)[C@H](O)[C@@H]2CO)c(F)c1. The van der Waals surface area contributed by atoms with E-state index in [0.717, 1.165) is 25.0 Å². The summed E-state index contributed by atoms with van der Waals surface area (Å²) >= 11 is 0. The van der Waals surface area contributed by atoms with Crippen LogP contribution in [0.15, 0.2) is 12.1 Å². The molecule has 0 spiro atoms. The second kappa shape index (κ2) is 9.57. The highest BCUT2D eigenvalue weighted by Crippen LogP contribution is 2.24. The van der Waals surface area contributed by atoms with Gasteiger partial charge in [0.1, 0.15) is 29.6 Å². The van der Waals surface area contributed by atoms with Crippen LogP contribution in [0.2, 0.25) is 0 Å². The van der Waals surface area contributed by atoms with Crippen LogP contribution in [0.5, 0.6) is 5.75 Å². The maximum absolute atomic E-state index is 14.2. The Hall–Kier alpha value is -1.32. The number of aliphatic hydroxyl groups excluding tert-OH is 4. The minimum atomic E-state index is -1.36. The number of piperidine rings is 1. The Bertz CT molecular complexity index is 566. The summed E-state index contributed by atoms with van der Waals surface area (Å²) in [5.41, 5.74) is -0.125. The van der Waals surface area contributed by atoms with Gasteiger partial charge in [-0.25, -0.2) is 8.78 Å². The van der Waals surface area contributed by atoms with Crippen LogP contribution in [-0.4, -0.2) is 76.0 Å². The second-order valence-corrected chi connectivity index (χ2v) is 6.61. The van der Waals surface area contributed by atoms with Crippen molar-refractivity contribution >= 4 is 0 Å². The molecular weight excluding hydrogens is 348 g/mol. The third-order valence-electron chi connectivity index (χ3n) is 4.75. The Morgan fingerprint density at radius 3 is 2.38 bits per heavy atom. The van der Waals surface area contributed by atoms with Crippen LogP contribution in [0.25, 0.3) is 0 Å². The summed E-state index contributed by atoms with van der Waals surface area (Å²) < 4.78 is 33.8. The van der Waals surface area contributed by atoms with E-state index in [2.05, 4.69) is 0 Å². The zero-order valence-electron chi connectivity index (χ0n) is 14.8. The number of aliphatic hydroxyl groups is 4. The number of ether oxygens (including phenoxy) is 1. The number of halogens is 2. The fourth-order valence-electron chi connectivity index (χ4n) is 3.13. The number of β-amino-alcohol motifs (C(OH)–C–C–N with tert-alkyl or cyclic N) is 1. The Morgan fingerprint density at radius 2 is 1.81 bits per heavy atom. The van der Waals surface area contributed by atoms with Gasteiger partial charge in [0, 0.05) is 30.8 Å². The van der Waals surface area contributed by atoms with E-state index < -0.39 is 42.6 Å². The normalized spacial score (nSPS) is 26.9. The highest BCUT2D eigenvalue weighted by atomic mass is 19.1. The van der Waals surface area contributed by atoms with E-state index in [0.29, 0.717) is 6.61 Å². The average molecular weight is 375 g/mol. The van der Waals surface area contributed by atoms with Crippen LogP contribution in [0, 0.1) is 11.6 Å². The Morgan fingerprint density at radius 1 is 1.15 bits per heavy atom. The lowest BCUT2D eigenvalue weighted by Gasteiger charge is -2.43. The molecule has 0 unspecified atom stereocenters. The van der Waals surface area contributed by atoms with Gasteiger partial charge in [-0.3, -0.25) is 4.90 Å². The van der Waals surface area contributed by atoms with Crippen molar-refractivity contribution in [1.82, 2.24) is 4.90 Å². The van der Waals surface area contributed by atoms with Gasteiger partial charge < -0.3 is 25.2 Å². The smallest absolute Gasteiger partial charge is 0.133 e. The monoisotopic (exact) mass is 375 g/mol. The standard InChI is InChI=1S/C18H27F2NO5/c1-2-3-6-26-11-7-13(19)12(14(20)8-11)4-5-21-9-16(23)18(25)17(24)15(21)10-22/h7-8,15-18,22-25H,2-6,9-10H2,1H3/t15-,16-,17+,18+/m0/s1. The Labute approximate surface area is 151 Å². The Balaban J connectivity index is 2.04. The maximum atomic E-state index is 14.2. The van der Waals surface area contributed by atoms with Crippen LogP contribution >= 0.6 is 0 Å². The molecule has 1 aromatic rings. The topological polar surface area (TPSA) is 93.4 Å². The number of nitrogens with zero attached hydrogens (tertiary/aromatic N) is 1. The predicted octanol–water partition coefficient (Wildman–Crippen LogP) is 0.445. The second-order valence-electron chi connectivity index (χ2n) is 6.61. The molecule has 1 aliphatic heterocycles. The minimum Gasteiger partial charge on any atom is -0.493 e. The summed E-state index contributed by atoms with van der Waals surface area (Å²) in [5, 5.41) is 38.8. The number of likely N-dealkylation sites (tertiary alicyclic amines) is 1. The van der Waals surface area contributed by atoms with Crippen molar-refractivity contribution in [2.45, 2.75) is 50.5 Å². The lowest BCUT2D eigenvalue weighted by atomic mass is 9.93. The van der Waals surface area contributed by atoms with Crippen molar-refractivity contribution < 1.29 is 33.9 Å². The van der Waals surface area contributed by atoms with E-state index in [4.69, 9.17) is 4.74 Å². The molecule has 4 atom stereocenters. The molecule has 1 heterocycles. The van der Waals surface area contributed by atoms with Crippen LogP contribution in [0.4, 0.5) is 8.78 Å². The molecule has 148 valence electrons. The van der Waals surface area contributed by atoms with Crippen LogP contribution in [0.1, 0.15) is 25.3 Å². The fraction of sp³-hybridized carbons (Fsp3) is 0.667. The lowest BCUT2D eigenvalue weighted by molar-refractivity contribution is -0.144. The van der Waals surface area contributed by atoms with Gasteiger partial charge >= 0.3 is 0 Å². The first kappa shape index (κ1) is 21.0. The molecule has 0 aliphatic carbocycles. The van der Waals surface area contributed by atoms with Crippen molar-refractivity contribution in [3.05, 3.63) is 29.3 Å². The highest BCUT2D eigenvalue weighted by Gasteiger charge is 2.40. The average Bonchev–Trinajstić information content (AvgIpc) is 2.59. The van der Waals surface area contributed by atoms with Gasteiger partial charge in [-0.1, -0.05) is 13.3 Å².